The Morgan fingerprint density at radius 1 is 1.24 bits per heavy atom. The molecule has 2 heterocycles. The van der Waals surface area contributed by atoms with Crippen LogP contribution >= 0.6 is 0 Å². The maximum Gasteiger partial charge on any atom is 0.144 e. The van der Waals surface area contributed by atoms with E-state index >= 15 is 0 Å². The van der Waals surface area contributed by atoms with Crippen LogP contribution in [-0.2, 0) is 0 Å². The van der Waals surface area contributed by atoms with E-state index in [0.717, 1.165) is 24.9 Å². The van der Waals surface area contributed by atoms with E-state index < -0.39 is 0 Å². The highest BCUT2D eigenvalue weighted by atomic mass is 16.4. The van der Waals surface area contributed by atoms with Gasteiger partial charge in [-0.15, -0.1) is 0 Å². The molecule has 0 aliphatic carbocycles. The van der Waals surface area contributed by atoms with Crippen LogP contribution in [0, 0.1) is 5.41 Å². The second-order valence-corrected chi connectivity index (χ2v) is 7.47. The number of unbranched alkanes of at least 4 members (excludes halogenated alkanes) is 1. The lowest BCUT2D eigenvalue weighted by Crippen LogP contribution is -2.37. The van der Waals surface area contributed by atoms with Crippen LogP contribution in [0.15, 0.2) is 5.16 Å². The van der Waals surface area contributed by atoms with E-state index in [1.165, 1.54) is 45.3 Å². The third-order valence-corrected chi connectivity index (χ3v) is 5.56. The van der Waals surface area contributed by atoms with Gasteiger partial charge in [0.25, 0.3) is 0 Å². The number of nitrogens with zero attached hydrogens (tertiary/aromatic N) is 3. The van der Waals surface area contributed by atoms with Crippen LogP contribution in [0.25, 0.3) is 0 Å². The van der Waals surface area contributed by atoms with Crippen molar-refractivity contribution in [2.45, 2.75) is 64.5 Å². The summed E-state index contributed by atoms with van der Waals surface area (Å²) in [5.74, 6) is 0.344. The Labute approximate surface area is 129 Å². The average molecular weight is 296 g/mol. The highest BCUT2D eigenvalue weighted by Gasteiger charge is 2.34. The number of likely N-dealkylation sites (tertiary alicyclic amines) is 1. The number of amidine groups is 1. The van der Waals surface area contributed by atoms with Crippen LogP contribution in [0.2, 0.25) is 0 Å². The number of rotatable bonds is 6. The molecule has 0 aromatic carbocycles. The second kappa shape index (κ2) is 6.97. The van der Waals surface area contributed by atoms with Gasteiger partial charge in [-0.2, -0.15) is 0 Å². The molecule has 0 aromatic heterocycles. The van der Waals surface area contributed by atoms with Crippen molar-refractivity contribution in [1.82, 2.24) is 9.80 Å². The SMILES string of the molecule is CN1C2CCC1CN(CCCCC(C)(C)C(N)=NO)CC2. The van der Waals surface area contributed by atoms with Gasteiger partial charge in [-0.25, -0.2) is 0 Å². The van der Waals surface area contributed by atoms with E-state index in [2.05, 4.69) is 22.0 Å². The topological polar surface area (TPSA) is 65.1 Å². The molecular weight excluding hydrogens is 264 g/mol. The number of oxime groups is 1. The van der Waals surface area contributed by atoms with Crippen LogP contribution in [0.3, 0.4) is 0 Å². The first-order valence-electron chi connectivity index (χ1n) is 8.36. The van der Waals surface area contributed by atoms with Crippen molar-refractivity contribution in [3.05, 3.63) is 0 Å². The summed E-state index contributed by atoms with van der Waals surface area (Å²) in [5.41, 5.74) is 5.54. The monoisotopic (exact) mass is 296 g/mol. The lowest BCUT2D eigenvalue weighted by atomic mass is 9.86. The van der Waals surface area contributed by atoms with Crippen LogP contribution in [0.4, 0.5) is 0 Å². The highest BCUT2D eigenvalue weighted by molar-refractivity contribution is 5.85. The fraction of sp³-hybridized carbons (Fsp3) is 0.938. The zero-order chi connectivity index (χ0) is 15.5. The molecule has 2 rings (SSSR count). The molecule has 0 amide bonds. The van der Waals surface area contributed by atoms with Gasteiger partial charge in [0, 0.05) is 24.0 Å². The molecule has 3 N–H and O–H groups in total. The smallest absolute Gasteiger partial charge is 0.144 e. The van der Waals surface area contributed by atoms with Gasteiger partial charge in [0.05, 0.1) is 0 Å². The number of hydrogen-bond acceptors (Lipinski definition) is 4. The van der Waals surface area contributed by atoms with Gasteiger partial charge >= 0.3 is 0 Å². The van der Waals surface area contributed by atoms with Gasteiger partial charge in [0.2, 0.25) is 0 Å². The molecule has 2 bridgehead atoms. The van der Waals surface area contributed by atoms with Crippen LogP contribution < -0.4 is 5.73 Å². The fourth-order valence-corrected chi connectivity index (χ4v) is 3.75. The molecule has 122 valence electrons. The minimum Gasteiger partial charge on any atom is -0.409 e. The normalized spacial score (nSPS) is 28.8. The summed E-state index contributed by atoms with van der Waals surface area (Å²) in [6.45, 7) is 7.75. The Hall–Kier alpha value is -0.810. The first-order valence-corrected chi connectivity index (χ1v) is 8.36. The Balaban J connectivity index is 1.70. The number of nitrogens with two attached hydrogens (primary N) is 1. The van der Waals surface area contributed by atoms with Gasteiger partial charge in [-0.1, -0.05) is 25.4 Å². The van der Waals surface area contributed by atoms with E-state index in [1.807, 2.05) is 13.8 Å². The lowest BCUT2D eigenvalue weighted by molar-refractivity contribution is 0.215. The zero-order valence-electron chi connectivity index (χ0n) is 13.9. The molecular formula is C16H32N4O. The molecule has 2 unspecified atom stereocenters. The molecule has 0 spiro atoms. The first-order chi connectivity index (χ1) is 9.94. The van der Waals surface area contributed by atoms with E-state index in [0.29, 0.717) is 5.84 Å². The Bertz CT molecular complexity index is 369. The van der Waals surface area contributed by atoms with Crippen LogP contribution in [0.1, 0.15) is 52.4 Å². The zero-order valence-corrected chi connectivity index (χ0v) is 13.9. The summed E-state index contributed by atoms with van der Waals surface area (Å²) in [4.78, 5) is 5.23. The van der Waals surface area contributed by atoms with Gasteiger partial charge < -0.3 is 15.8 Å². The molecule has 21 heavy (non-hydrogen) atoms. The first kappa shape index (κ1) is 16.6. The molecule has 2 fully saturated rings. The van der Waals surface area contributed by atoms with E-state index in [4.69, 9.17) is 10.9 Å². The number of hydrogen-bond donors (Lipinski definition) is 2. The molecule has 2 atom stereocenters. The van der Waals surface area contributed by atoms with E-state index in [-0.39, 0.29) is 5.41 Å². The third kappa shape index (κ3) is 4.10. The molecule has 0 saturated carbocycles. The Morgan fingerprint density at radius 3 is 2.67 bits per heavy atom. The second-order valence-electron chi connectivity index (χ2n) is 7.47. The Morgan fingerprint density at radius 2 is 1.95 bits per heavy atom. The quantitative estimate of drug-likeness (QED) is 0.259. The van der Waals surface area contributed by atoms with E-state index in [1.54, 1.807) is 0 Å². The van der Waals surface area contributed by atoms with Crippen molar-refractivity contribution < 1.29 is 5.21 Å². The Kier molecular flexibility index (Phi) is 5.49. The minimum atomic E-state index is -0.202. The standard InChI is InChI=1S/C16H32N4O/c1-16(2,15(17)18-21)9-4-5-10-20-11-8-13-6-7-14(12-20)19(13)3/h13-14,21H,4-12H2,1-3H3,(H2,17,18). The van der Waals surface area contributed by atoms with Gasteiger partial charge in [-0.05, 0) is 52.2 Å². The summed E-state index contributed by atoms with van der Waals surface area (Å²) < 4.78 is 0. The lowest BCUT2D eigenvalue weighted by Gasteiger charge is -2.26. The summed E-state index contributed by atoms with van der Waals surface area (Å²) >= 11 is 0. The summed E-state index contributed by atoms with van der Waals surface area (Å²) in [6, 6.07) is 1.59. The molecule has 2 aliphatic heterocycles. The summed E-state index contributed by atoms with van der Waals surface area (Å²) in [7, 11) is 2.30. The van der Waals surface area contributed by atoms with Crippen LogP contribution in [0.5, 0.6) is 0 Å². The van der Waals surface area contributed by atoms with Gasteiger partial charge in [0.15, 0.2) is 0 Å². The van der Waals surface area contributed by atoms with Crippen molar-refractivity contribution in [3.63, 3.8) is 0 Å². The largest absolute Gasteiger partial charge is 0.409 e. The summed E-state index contributed by atoms with van der Waals surface area (Å²) in [6.07, 6.45) is 7.38. The highest BCUT2D eigenvalue weighted by Crippen LogP contribution is 2.29. The van der Waals surface area contributed by atoms with Crippen molar-refractivity contribution >= 4 is 5.84 Å². The molecule has 2 aliphatic rings. The molecule has 5 heteroatoms. The summed E-state index contributed by atoms with van der Waals surface area (Å²) in [5, 5.41) is 12.0. The predicted molar refractivity (Wildman–Crippen MR) is 86.7 cm³/mol. The molecule has 2 saturated heterocycles. The molecule has 0 radical (unpaired) electrons. The maximum absolute atomic E-state index is 8.80. The number of likely N-dealkylation sites (N-methyl/N-ethyl adjacent to an activating group) is 1. The molecule has 5 nitrogen and oxygen atoms in total. The van der Waals surface area contributed by atoms with Gasteiger partial charge in [0.1, 0.15) is 5.84 Å². The van der Waals surface area contributed by atoms with Crippen molar-refractivity contribution in [2.75, 3.05) is 26.7 Å². The fourth-order valence-electron chi connectivity index (χ4n) is 3.75. The van der Waals surface area contributed by atoms with Gasteiger partial charge in [-0.3, -0.25) is 4.90 Å². The van der Waals surface area contributed by atoms with E-state index in [9.17, 15) is 0 Å². The molecule has 0 aromatic rings. The van der Waals surface area contributed by atoms with Crippen molar-refractivity contribution in [2.24, 2.45) is 16.3 Å². The average Bonchev–Trinajstić information content (AvgIpc) is 2.69. The van der Waals surface area contributed by atoms with Crippen molar-refractivity contribution in [1.29, 1.82) is 0 Å². The minimum absolute atomic E-state index is 0.202. The third-order valence-electron chi connectivity index (χ3n) is 5.56. The van der Waals surface area contributed by atoms with Crippen LogP contribution in [-0.4, -0.2) is 59.6 Å². The van der Waals surface area contributed by atoms with Crippen molar-refractivity contribution in [3.8, 4) is 0 Å². The predicted octanol–water partition coefficient (Wildman–Crippen LogP) is 2.10. The maximum atomic E-state index is 8.80. The number of fused-ring (bicyclic) bond motifs is 2.